The van der Waals surface area contributed by atoms with E-state index in [4.69, 9.17) is 0 Å². The molecule has 0 spiro atoms. The Bertz CT molecular complexity index is 1060. The first-order chi connectivity index (χ1) is 13.3. The molecule has 0 fully saturated rings. The minimum absolute atomic E-state index is 0.0382. The number of fused-ring (bicyclic) bond motifs is 3. The molecule has 2 heterocycles. The molecule has 0 radical (unpaired) electrons. The number of amides is 1. The molecule has 28 heavy (non-hydrogen) atoms. The molecule has 1 aromatic carbocycles. The molecular weight excluding hydrogens is 369 g/mol. The monoisotopic (exact) mass is 386 g/mol. The first-order valence-corrected chi connectivity index (χ1v) is 8.83. The lowest BCUT2D eigenvalue weighted by molar-refractivity contribution is -0.141. The molecule has 1 amide bonds. The van der Waals surface area contributed by atoms with E-state index in [0.717, 1.165) is 41.9 Å². The van der Waals surface area contributed by atoms with E-state index in [1.807, 2.05) is 18.2 Å². The highest BCUT2D eigenvalue weighted by molar-refractivity contribution is 6.05. The second-order valence-electron chi connectivity index (χ2n) is 6.69. The SMILES string of the molecule is Cn1nc2c(c1C(=O)Nc1ccnc(C(F)(F)F)c1)CCCc1ccccc1-2. The van der Waals surface area contributed by atoms with Crippen LogP contribution in [0.3, 0.4) is 0 Å². The number of anilines is 1. The molecule has 0 atom stereocenters. The van der Waals surface area contributed by atoms with Crippen molar-refractivity contribution in [2.45, 2.75) is 25.4 Å². The van der Waals surface area contributed by atoms with Crippen molar-refractivity contribution in [3.63, 3.8) is 0 Å². The number of halogens is 3. The highest BCUT2D eigenvalue weighted by Crippen LogP contribution is 2.34. The van der Waals surface area contributed by atoms with Crippen LogP contribution in [0.15, 0.2) is 42.6 Å². The summed E-state index contributed by atoms with van der Waals surface area (Å²) in [5.41, 5.74) is 3.08. The van der Waals surface area contributed by atoms with E-state index in [1.54, 1.807) is 7.05 Å². The summed E-state index contributed by atoms with van der Waals surface area (Å²) in [7, 11) is 1.67. The van der Waals surface area contributed by atoms with Crippen molar-refractivity contribution in [1.29, 1.82) is 0 Å². The number of aromatic nitrogens is 3. The first kappa shape index (κ1) is 18.2. The number of hydrogen-bond donors (Lipinski definition) is 1. The molecular formula is C20H17F3N4O. The summed E-state index contributed by atoms with van der Waals surface area (Å²) in [4.78, 5) is 16.2. The fourth-order valence-corrected chi connectivity index (χ4v) is 3.58. The molecule has 0 bridgehead atoms. The minimum atomic E-state index is -4.58. The number of nitrogens with one attached hydrogen (secondary N) is 1. The summed E-state index contributed by atoms with van der Waals surface area (Å²) in [5, 5.41) is 7.09. The van der Waals surface area contributed by atoms with E-state index in [0.29, 0.717) is 12.1 Å². The Morgan fingerprint density at radius 3 is 2.75 bits per heavy atom. The van der Waals surface area contributed by atoms with Gasteiger partial charge >= 0.3 is 6.18 Å². The Kier molecular flexibility index (Phi) is 4.41. The van der Waals surface area contributed by atoms with E-state index in [-0.39, 0.29) is 5.69 Å². The van der Waals surface area contributed by atoms with Crippen LogP contribution in [-0.4, -0.2) is 20.7 Å². The third kappa shape index (κ3) is 3.26. The Hall–Kier alpha value is -3.16. The van der Waals surface area contributed by atoms with Gasteiger partial charge in [-0.25, -0.2) is 0 Å². The Labute approximate surface area is 159 Å². The van der Waals surface area contributed by atoms with Crippen molar-refractivity contribution in [2.24, 2.45) is 7.05 Å². The lowest BCUT2D eigenvalue weighted by atomic mass is 10.0. The van der Waals surface area contributed by atoms with Crippen LogP contribution in [0.2, 0.25) is 0 Å². The fraction of sp³-hybridized carbons (Fsp3) is 0.250. The van der Waals surface area contributed by atoms with Gasteiger partial charge in [-0.3, -0.25) is 14.5 Å². The highest BCUT2D eigenvalue weighted by atomic mass is 19.4. The van der Waals surface area contributed by atoms with Crippen molar-refractivity contribution >= 4 is 11.6 Å². The topological polar surface area (TPSA) is 59.8 Å². The summed E-state index contributed by atoms with van der Waals surface area (Å²) < 4.78 is 40.1. The minimum Gasteiger partial charge on any atom is -0.321 e. The smallest absolute Gasteiger partial charge is 0.321 e. The van der Waals surface area contributed by atoms with Crippen molar-refractivity contribution in [2.75, 3.05) is 5.32 Å². The summed E-state index contributed by atoms with van der Waals surface area (Å²) in [6.45, 7) is 0. The molecule has 0 unspecified atom stereocenters. The van der Waals surface area contributed by atoms with E-state index in [2.05, 4.69) is 21.5 Å². The van der Waals surface area contributed by atoms with Crippen molar-refractivity contribution in [1.82, 2.24) is 14.8 Å². The zero-order valence-corrected chi connectivity index (χ0v) is 15.0. The summed E-state index contributed by atoms with van der Waals surface area (Å²) in [6.07, 6.45) is -1.13. The lowest BCUT2D eigenvalue weighted by Gasteiger charge is -2.10. The van der Waals surface area contributed by atoms with Crippen LogP contribution in [0.1, 0.15) is 33.7 Å². The molecule has 5 nitrogen and oxygen atoms in total. The lowest BCUT2D eigenvalue weighted by Crippen LogP contribution is -2.18. The van der Waals surface area contributed by atoms with Gasteiger partial charge in [-0.05, 0) is 37.0 Å². The number of carbonyl (C=O) groups is 1. The third-order valence-electron chi connectivity index (χ3n) is 4.81. The molecule has 144 valence electrons. The van der Waals surface area contributed by atoms with Gasteiger partial charge in [-0.1, -0.05) is 24.3 Å². The van der Waals surface area contributed by atoms with Gasteiger partial charge in [0.05, 0.1) is 5.69 Å². The van der Waals surface area contributed by atoms with Crippen LogP contribution in [0.25, 0.3) is 11.3 Å². The van der Waals surface area contributed by atoms with E-state index in [9.17, 15) is 18.0 Å². The molecule has 0 saturated heterocycles. The molecule has 1 aliphatic carbocycles. The van der Waals surface area contributed by atoms with Crippen LogP contribution < -0.4 is 5.32 Å². The van der Waals surface area contributed by atoms with Gasteiger partial charge in [-0.2, -0.15) is 18.3 Å². The van der Waals surface area contributed by atoms with Crippen LogP contribution in [0.5, 0.6) is 0 Å². The maximum atomic E-state index is 12.9. The van der Waals surface area contributed by atoms with Gasteiger partial charge < -0.3 is 5.32 Å². The first-order valence-electron chi connectivity index (χ1n) is 8.83. The molecule has 0 aliphatic heterocycles. The van der Waals surface area contributed by atoms with Crippen molar-refractivity contribution < 1.29 is 18.0 Å². The normalized spacial score (nSPS) is 13.4. The molecule has 2 aromatic heterocycles. The second kappa shape index (κ2) is 6.78. The van der Waals surface area contributed by atoms with Crippen molar-refractivity contribution in [3.8, 4) is 11.3 Å². The zero-order valence-electron chi connectivity index (χ0n) is 15.0. The number of carbonyl (C=O) groups excluding carboxylic acids is 1. The van der Waals surface area contributed by atoms with Crippen LogP contribution >= 0.6 is 0 Å². The van der Waals surface area contributed by atoms with Gasteiger partial charge in [-0.15, -0.1) is 0 Å². The Morgan fingerprint density at radius 2 is 1.96 bits per heavy atom. The molecule has 0 saturated carbocycles. The van der Waals surface area contributed by atoms with Crippen LogP contribution in [-0.2, 0) is 26.1 Å². The maximum Gasteiger partial charge on any atom is 0.433 e. The van der Waals surface area contributed by atoms with E-state index >= 15 is 0 Å². The van der Waals surface area contributed by atoms with Gasteiger partial charge in [0, 0.05) is 30.1 Å². The molecule has 3 aromatic rings. The predicted molar refractivity (Wildman–Crippen MR) is 97.9 cm³/mol. The largest absolute Gasteiger partial charge is 0.433 e. The number of rotatable bonds is 2. The molecule has 1 N–H and O–H groups in total. The molecule has 8 heteroatoms. The number of benzene rings is 1. The number of nitrogens with zero attached hydrogens (tertiary/aromatic N) is 3. The predicted octanol–water partition coefficient (Wildman–Crippen LogP) is 4.24. The third-order valence-corrected chi connectivity index (χ3v) is 4.81. The number of alkyl halides is 3. The Balaban J connectivity index is 1.70. The second-order valence-corrected chi connectivity index (χ2v) is 6.69. The zero-order chi connectivity index (χ0) is 19.9. The molecule has 4 rings (SSSR count). The number of pyridine rings is 1. The fourth-order valence-electron chi connectivity index (χ4n) is 3.58. The van der Waals surface area contributed by atoms with E-state index in [1.165, 1.54) is 16.3 Å². The summed E-state index contributed by atoms with van der Waals surface area (Å²) in [6, 6.07) is 10.1. The quantitative estimate of drug-likeness (QED) is 0.717. The standard InChI is InChI=1S/C20H17F3N4O/c1-27-18(19(28)25-13-9-10-24-16(11-13)20(21,22)23)15-8-4-6-12-5-2-3-7-14(12)17(15)26-27/h2-3,5,7,9-11H,4,6,8H2,1H3,(H,24,25,28). The summed E-state index contributed by atoms with van der Waals surface area (Å²) in [5.74, 6) is -0.491. The average molecular weight is 386 g/mol. The average Bonchev–Trinajstić information content (AvgIpc) is 2.87. The van der Waals surface area contributed by atoms with Crippen LogP contribution in [0, 0.1) is 0 Å². The van der Waals surface area contributed by atoms with Gasteiger partial charge in [0.25, 0.3) is 5.91 Å². The van der Waals surface area contributed by atoms with Gasteiger partial charge in [0.15, 0.2) is 0 Å². The van der Waals surface area contributed by atoms with E-state index < -0.39 is 17.8 Å². The Morgan fingerprint density at radius 1 is 1.18 bits per heavy atom. The maximum absolute atomic E-state index is 12.9. The van der Waals surface area contributed by atoms with Crippen molar-refractivity contribution in [3.05, 3.63) is 65.1 Å². The van der Waals surface area contributed by atoms with Gasteiger partial charge in [0.2, 0.25) is 0 Å². The number of hydrogen-bond acceptors (Lipinski definition) is 3. The molecule has 1 aliphatic rings. The summed E-state index contributed by atoms with van der Waals surface area (Å²) >= 11 is 0. The highest BCUT2D eigenvalue weighted by Gasteiger charge is 2.33. The number of aryl methyl sites for hydroxylation is 2. The van der Waals surface area contributed by atoms with Gasteiger partial charge in [0.1, 0.15) is 11.4 Å². The van der Waals surface area contributed by atoms with Crippen LogP contribution in [0.4, 0.5) is 18.9 Å².